The van der Waals surface area contributed by atoms with Gasteiger partial charge in [0.15, 0.2) is 0 Å². The van der Waals surface area contributed by atoms with Crippen molar-refractivity contribution in [3.63, 3.8) is 0 Å². The third kappa shape index (κ3) is 1.79. The van der Waals surface area contributed by atoms with Gasteiger partial charge in [-0.3, -0.25) is 14.9 Å². The first kappa shape index (κ1) is 12.1. The molecule has 2 aliphatic heterocycles. The van der Waals surface area contributed by atoms with E-state index >= 15 is 0 Å². The molecular formula is C11H12N4O3S. The first-order valence-corrected chi connectivity index (χ1v) is 6.73. The first-order chi connectivity index (χ1) is 9.02. The number of nitrogens with zero attached hydrogens (tertiary/aromatic N) is 2. The predicted molar refractivity (Wildman–Crippen MR) is 66.8 cm³/mol. The van der Waals surface area contributed by atoms with Crippen LogP contribution >= 0.6 is 11.3 Å². The summed E-state index contributed by atoms with van der Waals surface area (Å²) in [4.78, 5) is 41.5. The number of imide groups is 1. The Morgan fingerprint density at radius 3 is 2.89 bits per heavy atom. The van der Waals surface area contributed by atoms with E-state index in [-0.39, 0.29) is 18.4 Å². The average molecular weight is 280 g/mol. The molecule has 3 heterocycles. The molecular weight excluding hydrogens is 268 g/mol. The zero-order valence-electron chi connectivity index (χ0n) is 10.2. The fraction of sp³-hybridized carbons (Fsp3) is 0.455. The van der Waals surface area contributed by atoms with E-state index in [1.807, 2.05) is 0 Å². The van der Waals surface area contributed by atoms with E-state index in [1.165, 1.54) is 11.3 Å². The maximum absolute atomic E-state index is 12.3. The average Bonchev–Trinajstić information content (AvgIpc) is 3.01. The van der Waals surface area contributed by atoms with Gasteiger partial charge in [-0.2, -0.15) is 0 Å². The van der Waals surface area contributed by atoms with Crippen LogP contribution in [0.15, 0.2) is 5.51 Å². The van der Waals surface area contributed by atoms with E-state index in [1.54, 1.807) is 17.3 Å². The van der Waals surface area contributed by atoms with Gasteiger partial charge >= 0.3 is 6.03 Å². The molecule has 2 aliphatic rings. The number of rotatable bonds is 1. The SMILES string of the molecule is Cc1ncsc1C(=O)N1CCC2(C1)NC(=O)NC2=O. The predicted octanol–water partition coefficient (Wildman–Crippen LogP) is -0.124. The Morgan fingerprint density at radius 2 is 2.32 bits per heavy atom. The van der Waals surface area contributed by atoms with Gasteiger partial charge in [0.05, 0.1) is 17.7 Å². The minimum atomic E-state index is -0.953. The van der Waals surface area contributed by atoms with Crippen molar-refractivity contribution >= 4 is 29.2 Å². The molecule has 0 bridgehead atoms. The maximum atomic E-state index is 12.3. The summed E-state index contributed by atoms with van der Waals surface area (Å²) in [5, 5.41) is 4.84. The van der Waals surface area contributed by atoms with E-state index < -0.39 is 11.6 Å². The third-order valence-corrected chi connectivity index (χ3v) is 4.43. The Morgan fingerprint density at radius 1 is 1.53 bits per heavy atom. The van der Waals surface area contributed by atoms with E-state index in [9.17, 15) is 14.4 Å². The second-order valence-electron chi connectivity index (χ2n) is 4.73. The number of likely N-dealkylation sites (tertiary alicyclic amines) is 1. The molecule has 1 aromatic rings. The van der Waals surface area contributed by atoms with Crippen molar-refractivity contribution in [2.24, 2.45) is 0 Å². The molecule has 8 heteroatoms. The minimum absolute atomic E-state index is 0.133. The quantitative estimate of drug-likeness (QED) is 0.701. The number of thiazole rings is 1. The van der Waals surface area contributed by atoms with Crippen LogP contribution in [-0.2, 0) is 4.79 Å². The monoisotopic (exact) mass is 280 g/mol. The van der Waals surface area contributed by atoms with E-state index in [0.29, 0.717) is 23.5 Å². The molecule has 0 radical (unpaired) electrons. The lowest BCUT2D eigenvalue weighted by Crippen LogP contribution is -2.49. The van der Waals surface area contributed by atoms with Crippen LogP contribution in [0.3, 0.4) is 0 Å². The van der Waals surface area contributed by atoms with Crippen LogP contribution in [0.2, 0.25) is 0 Å². The number of nitrogens with one attached hydrogen (secondary N) is 2. The summed E-state index contributed by atoms with van der Waals surface area (Å²) in [6, 6.07) is -0.492. The molecule has 1 atom stereocenters. The fourth-order valence-electron chi connectivity index (χ4n) is 2.45. The van der Waals surface area contributed by atoms with Crippen molar-refractivity contribution in [1.82, 2.24) is 20.5 Å². The summed E-state index contributed by atoms with van der Waals surface area (Å²) >= 11 is 1.29. The van der Waals surface area contributed by atoms with Gasteiger partial charge in [-0.25, -0.2) is 9.78 Å². The van der Waals surface area contributed by atoms with Gasteiger partial charge in [-0.1, -0.05) is 0 Å². The van der Waals surface area contributed by atoms with Crippen LogP contribution in [0.5, 0.6) is 0 Å². The topological polar surface area (TPSA) is 91.4 Å². The van der Waals surface area contributed by atoms with Gasteiger partial charge < -0.3 is 10.2 Å². The maximum Gasteiger partial charge on any atom is 0.322 e. The number of carbonyl (C=O) groups excluding carboxylic acids is 3. The molecule has 1 unspecified atom stereocenters. The zero-order valence-corrected chi connectivity index (χ0v) is 11.0. The second-order valence-corrected chi connectivity index (χ2v) is 5.59. The summed E-state index contributed by atoms with van der Waals surface area (Å²) in [5.74, 6) is -0.486. The van der Waals surface area contributed by atoms with E-state index in [0.717, 1.165) is 0 Å². The van der Waals surface area contributed by atoms with Gasteiger partial charge in [0.1, 0.15) is 10.4 Å². The number of carbonyl (C=O) groups is 3. The van der Waals surface area contributed by atoms with Gasteiger partial charge in [0.2, 0.25) is 0 Å². The molecule has 0 saturated carbocycles. The lowest BCUT2D eigenvalue weighted by atomic mass is 10.00. The largest absolute Gasteiger partial charge is 0.335 e. The van der Waals surface area contributed by atoms with Gasteiger partial charge in [-0.15, -0.1) is 11.3 Å². The van der Waals surface area contributed by atoms with Crippen molar-refractivity contribution < 1.29 is 14.4 Å². The zero-order chi connectivity index (χ0) is 13.6. The van der Waals surface area contributed by atoms with Crippen LogP contribution < -0.4 is 10.6 Å². The lowest BCUT2D eigenvalue weighted by Gasteiger charge is -2.20. The van der Waals surface area contributed by atoms with E-state index in [4.69, 9.17) is 0 Å². The standard InChI is InChI=1S/C11H12N4O3S/c1-6-7(19-5-12-6)8(16)15-3-2-11(4-15)9(17)13-10(18)14-11/h5H,2-4H2,1H3,(H2,13,14,17,18). The molecule has 0 aromatic carbocycles. The van der Waals surface area contributed by atoms with Crippen molar-refractivity contribution in [3.05, 3.63) is 16.1 Å². The molecule has 7 nitrogen and oxygen atoms in total. The Balaban J connectivity index is 1.80. The highest BCUT2D eigenvalue weighted by atomic mass is 32.1. The number of hydrogen-bond donors (Lipinski definition) is 2. The summed E-state index contributed by atoms with van der Waals surface area (Å²) in [5.41, 5.74) is 1.36. The molecule has 2 fully saturated rings. The van der Waals surface area contributed by atoms with Crippen LogP contribution in [-0.4, -0.2) is 46.4 Å². The summed E-state index contributed by atoms with van der Waals surface area (Å²) in [7, 11) is 0. The number of amides is 4. The molecule has 19 heavy (non-hydrogen) atoms. The molecule has 4 amide bonds. The van der Waals surface area contributed by atoms with Crippen LogP contribution in [0.4, 0.5) is 4.79 Å². The van der Waals surface area contributed by atoms with Crippen molar-refractivity contribution in [2.45, 2.75) is 18.9 Å². The third-order valence-electron chi connectivity index (χ3n) is 3.51. The summed E-state index contributed by atoms with van der Waals surface area (Å²) < 4.78 is 0. The highest BCUT2D eigenvalue weighted by Gasteiger charge is 2.51. The number of aromatic nitrogens is 1. The molecule has 1 aromatic heterocycles. The Bertz CT molecular complexity index is 584. The van der Waals surface area contributed by atoms with Crippen LogP contribution in [0.1, 0.15) is 21.8 Å². The molecule has 2 N–H and O–H groups in total. The Hall–Kier alpha value is -1.96. The molecule has 1 spiro atoms. The smallest absolute Gasteiger partial charge is 0.322 e. The molecule has 100 valence electrons. The number of urea groups is 1. The summed E-state index contributed by atoms with van der Waals surface area (Å²) in [6.45, 7) is 2.43. The molecule has 2 saturated heterocycles. The van der Waals surface area contributed by atoms with Crippen molar-refractivity contribution in [3.8, 4) is 0 Å². The molecule has 0 aliphatic carbocycles. The van der Waals surface area contributed by atoms with Gasteiger partial charge in [0.25, 0.3) is 11.8 Å². The first-order valence-electron chi connectivity index (χ1n) is 5.85. The minimum Gasteiger partial charge on any atom is -0.335 e. The Kier molecular flexibility index (Phi) is 2.56. The highest BCUT2D eigenvalue weighted by Crippen LogP contribution is 2.27. The van der Waals surface area contributed by atoms with Crippen LogP contribution in [0.25, 0.3) is 0 Å². The normalized spacial score (nSPS) is 25.8. The van der Waals surface area contributed by atoms with Gasteiger partial charge in [0, 0.05) is 6.54 Å². The second kappa shape index (κ2) is 4.02. The van der Waals surface area contributed by atoms with E-state index in [2.05, 4.69) is 15.6 Å². The van der Waals surface area contributed by atoms with Crippen LogP contribution in [0, 0.1) is 6.92 Å². The molecule has 3 rings (SSSR count). The highest BCUT2D eigenvalue weighted by molar-refractivity contribution is 7.11. The lowest BCUT2D eigenvalue weighted by molar-refractivity contribution is -0.123. The Labute approximate surface area is 113 Å². The summed E-state index contributed by atoms with van der Waals surface area (Å²) in [6.07, 6.45) is 0.439. The van der Waals surface area contributed by atoms with Crippen molar-refractivity contribution in [1.29, 1.82) is 0 Å². The fourth-order valence-corrected chi connectivity index (χ4v) is 3.22. The van der Waals surface area contributed by atoms with Gasteiger partial charge in [-0.05, 0) is 13.3 Å². The van der Waals surface area contributed by atoms with Crippen molar-refractivity contribution in [2.75, 3.05) is 13.1 Å². The number of aryl methyl sites for hydroxylation is 1. The number of hydrogen-bond acceptors (Lipinski definition) is 5.